The van der Waals surface area contributed by atoms with Crippen molar-refractivity contribution in [2.75, 3.05) is 26.2 Å². The van der Waals surface area contributed by atoms with Crippen LogP contribution in [0.4, 0.5) is 0 Å². The Labute approximate surface area is 114 Å². The van der Waals surface area contributed by atoms with Crippen molar-refractivity contribution in [1.29, 1.82) is 0 Å². The van der Waals surface area contributed by atoms with Crippen molar-refractivity contribution in [3.05, 3.63) is 0 Å². The van der Waals surface area contributed by atoms with Gasteiger partial charge in [0.25, 0.3) is 0 Å². The Hall–Kier alpha value is -0.120. The second kappa shape index (κ2) is 11.9. The van der Waals surface area contributed by atoms with Gasteiger partial charge in [-0.15, -0.1) is 0 Å². The summed E-state index contributed by atoms with van der Waals surface area (Å²) in [6.07, 6.45) is 9.11. The number of hydrogen-bond donors (Lipinski definition) is 3. The molecule has 0 aromatic rings. The highest BCUT2D eigenvalue weighted by Gasteiger charge is 2.06. The average molecular weight is 257 g/mol. The fourth-order valence-corrected chi connectivity index (χ4v) is 1.90. The van der Waals surface area contributed by atoms with E-state index >= 15 is 0 Å². The molecule has 0 amide bonds. The maximum absolute atomic E-state index is 5.46. The first-order valence-electron chi connectivity index (χ1n) is 7.72. The molecule has 0 spiro atoms. The number of nitrogens with two attached hydrogens (primary N) is 1. The molecule has 0 fully saturated rings. The molecule has 0 unspecified atom stereocenters. The molecule has 0 heterocycles. The SMILES string of the molecule is CC(C)(C)NCCCNCCCCCCCCN. The Morgan fingerprint density at radius 2 is 1.28 bits per heavy atom. The molecule has 0 radical (unpaired) electrons. The first-order chi connectivity index (χ1) is 8.56. The van der Waals surface area contributed by atoms with Crippen molar-refractivity contribution in [2.24, 2.45) is 5.73 Å². The molecule has 110 valence electrons. The van der Waals surface area contributed by atoms with Crippen LogP contribution in [-0.2, 0) is 0 Å². The van der Waals surface area contributed by atoms with Gasteiger partial charge in [-0.2, -0.15) is 0 Å². The molecule has 0 aromatic carbocycles. The van der Waals surface area contributed by atoms with Crippen molar-refractivity contribution in [1.82, 2.24) is 10.6 Å². The highest BCUT2D eigenvalue weighted by atomic mass is 14.9. The maximum atomic E-state index is 5.46. The molecular formula is C15H35N3. The van der Waals surface area contributed by atoms with Gasteiger partial charge in [-0.1, -0.05) is 25.7 Å². The highest BCUT2D eigenvalue weighted by Crippen LogP contribution is 2.04. The van der Waals surface area contributed by atoms with Crippen molar-refractivity contribution >= 4 is 0 Å². The first kappa shape index (κ1) is 17.9. The molecule has 0 aliphatic rings. The number of rotatable bonds is 12. The third-order valence-electron chi connectivity index (χ3n) is 2.99. The van der Waals surface area contributed by atoms with E-state index < -0.39 is 0 Å². The monoisotopic (exact) mass is 257 g/mol. The van der Waals surface area contributed by atoms with Gasteiger partial charge in [0.15, 0.2) is 0 Å². The molecule has 0 atom stereocenters. The summed E-state index contributed by atoms with van der Waals surface area (Å²) in [5.74, 6) is 0. The Morgan fingerprint density at radius 1 is 0.722 bits per heavy atom. The zero-order valence-corrected chi connectivity index (χ0v) is 12.9. The molecule has 0 saturated carbocycles. The van der Waals surface area contributed by atoms with Gasteiger partial charge in [-0.05, 0) is 66.2 Å². The molecule has 0 rings (SSSR count). The van der Waals surface area contributed by atoms with Gasteiger partial charge in [0, 0.05) is 5.54 Å². The third kappa shape index (κ3) is 15.9. The number of unbranched alkanes of at least 4 members (excludes halogenated alkanes) is 5. The van der Waals surface area contributed by atoms with Gasteiger partial charge in [-0.3, -0.25) is 0 Å². The van der Waals surface area contributed by atoms with Crippen molar-refractivity contribution in [3.63, 3.8) is 0 Å². The van der Waals surface area contributed by atoms with Crippen LogP contribution in [0.2, 0.25) is 0 Å². The maximum Gasteiger partial charge on any atom is 0.00965 e. The average Bonchev–Trinajstić information content (AvgIpc) is 2.29. The molecule has 0 saturated heterocycles. The van der Waals surface area contributed by atoms with Crippen LogP contribution in [0.15, 0.2) is 0 Å². The summed E-state index contributed by atoms with van der Waals surface area (Å²) < 4.78 is 0. The van der Waals surface area contributed by atoms with Gasteiger partial charge in [0.1, 0.15) is 0 Å². The van der Waals surface area contributed by atoms with Gasteiger partial charge < -0.3 is 16.4 Å². The second-order valence-electron chi connectivity index (χ2n) is 6.19. The Kier molecular flexibility index (Phi) is 11.9. The minimum absolute atomic E-state index is 0.254. The summed E-state index contributed by atoms with van der Waals surface area (Å²) in [7, 11) is 0. The van der Waals surface area contributed by atoms with E-state index in [0.29, 0.717) is 0 Å². The van der Waals surface area contributed by atoms with Crippen LogP contribution < -0.4 is 16.4 Å². The number of hydrogen-bond acceptors (Lipinski definition) is 3. The molecule has 18 heavy (non-hydrogen) atoms. The quantitative estimate of drug-likeness (QED) is 0.471. The van der Waals surface area contributed by atoms with E-state index in [0.717, 1.165) is 19.6 Å². The van der Waals surface area contributed by atoms with Crippen molar-refractivity contribution < 1.29 is 0 Å². The number of nitrogens with one attached hydrogen (secondary N) is 2. The zero-order valence-electron chi connectivity index (χ0n) is 12.9. The lowest BCUT2D eigenvalue weighted by molar-refractivity contribution is 0.418. The fraction of sp³-hybridized carbons (Fsp3) is 1.00. The fourth-order valence-electron chi connectivity index (χ4n) is 1.90. The van der Waals surface area contributed by atoms with E-state index in [-0.39, 0.29) is 5.54 Å². The standard InChI is InChI=1S/C15H35N3/c1-15(2,3)18-14-10-13-17-12-9-7-5-4-6-8-11-16/h17-18H,4-14,16H2,1-3H3. The Balaban J connectivity index is 2.99. The molecule has 4 N–H and O–H groups in total. The van der Waals surface area contributed by atoms with Crippen molar-refractivity contribution in [3.8, 4) is 0 Å². The zero-order chi connectivity index (χ0) is 13.7. The van der Waals surface area contributed by atoms with E-state index in [4.69, 9.17) is 5.73 Å². The summed E-state index contributed by atoms with van der Waals surface area (Å²) in [5, 5.41) is 7.02. The molecule has 3 nitrogen and oxygen atoms in total. The molecule has 0 aliphatic carbocycles. The first-order valence-corrected chi connectivity index (χ1v) is 7.72. The lowest BCUT2D eigenvalue weighted by Crippen LogP contribution is -2.37. The normalized spacial score (nSPS) is 12.0. The summed E-state index contributed by atoms with van der Waals surface area (Å²) in [5.41, 5.74) is 5.71. The predicted molar refractivity (Wildman–Crippen MR) is 82.0 cm³/mol. The third-order valence-corrected chi connectivity index (χ3v) is 2.99. The van der Waals surface area contributed by atoms with Gasteiger partial charge in [0.2, 0.25) is 0 Å². The molecular weight excluding hydrogens is 222 g/mol. The highest BCUT2D eigenvalue weighted by molar-refractivity contribution is 4.69. The largest absolute Gasteiger partial charge is 0.330 e. The van der Waals surface area contributed by atoms with Crippen LogP contribution in [0.3, 0.4) is 0 Å². The van der Waals surface area contributed by atoms with E-state index in [9.17, 15) is 0 Å². The molecule has 0 bridgehead atoms. The van der Waals surface area contributed by atoms with Crippen molar-refractivity contribution in [2.45, 2.75) is 71.3 Å². The van der Waals surface area contributed by atoms with Gasteiger partial charge in [0.05, 0.1) is 0 Å². The molecule has 3 heteroatoms. The van der Waals surface area contributed by atoms with Gasteiger partial charge in [-0.25, -0.2) is 0 Å². The lowest BCUT2D eigenvalue weighted by atomic mass is 10.1. The topological polar surface area (TPSA) is 50.1 Å². The van der Waals surface area contributed by atoms with E-state index in [1.165, 1.54) is 51.5 Å². The van der Waals surface area contributed by atoms with Crippen LogP contribution in [0, 0.1) is 0 Å². The van der Waals surface area contributed by atoms with E-state index in [1.807, 2.05) is 0 Å². The Bertz CT molecular complexity index is 164. The van der Waals surface area contributed by atoms with Crippen LogP contribution >= 0.6 is 0 Å². The van der Waals surface area contributed by atoms with E-state index in [1.54, 1.807) is 0 Å². The molecule has 0 aliphatic heterocycles. The Morgan fingerprint density at radius 3 is 1.89 bits per heavy atom. The second-order valence-corrected chi connectivity index (χ2v) is 6.19. The summed E-state index contributed by atoms with van der Waals surface area (Å²) in [4.78, 5) is 0. The van der Waals surface area contributed by atoms with Crippen LogP contribution in [0.1, 0.15) is 65.7 Å². The summed E-state index contributed by atoms with van der Waals surface area (Å²) in [6.45, 7) is 10.9. The lowest BCUT2D eigenvalue weighted by Gasteiger charge is -2.20. The summed E-state index contributed by atoms with van der Waals surface area (Å²) in [6, 6.07) is 0. The predicted octanol–water partition coefficient (Wildman–Crippen LogP) is 2.65. The van der Waals surface area contributed by atoms with Crippen LogP contribution in [0.5, 0.6) is 0 Å². The molecule has 0 aromatic heterocycles. The smallest absolute Gasteiger partial charge is 0.00965 e. The minimum atomic E-state index is 0.254. The van der Waals surface area contributed by atoms with Crippen LogP contribution in [0.25, 0.3) is 0 Å². The van der Waals surface area contributed by atoms with Gasteiger partial charge >= 0.3 is 0 Å². The van der Waals surface area contributed by atoms with E-state index in [2.05, 4.69) is 31.4 Å². The minimum Gasteiger partial charge on any atom is -0.330 e. The summed E-state index contributed by atoms with van der Waals surface area (Å²) >= 11 is 0. The van der Waals surface area contributed by atoms with Crippen LogP contribution in [-0.4, -0.2) is 31.7 Å².